The predicted molar refractivity (Wildman–Crippen MR) is 154 cm³/mol. The van der Waals surface area contributed by atoms with Gasteiger partial charge in [0.2, 0.25) is 0 Å². The van der Waals surface area contributed by atoms with E-state index >= 15 is 0 Å². The summed E-state index contributed by atoms with van der Waals surface area (Å²) in [5.74, 6) is -2.33. The van der Waals surface area contributed by atoms with Gasteiger partial charge in [0.15, 0.2) is 11.5 Å². The zero-order valence-corrected chi connectivity index (χ0v) is 22.9. The van der Waals surface area contributed by atoms with Crippen LogP contribution in [0.5, 0.6) is 11.5 Å². The Bertz CT molecular complexity index is 1450. The highest BCUT2D eigenvalue weighted by molar-refractivity contribution is 6.40. The van der Waals surface area contributed by atoms with Crippen LogP contribution in [0.4, 0.5) is 5.69 Å². The second kappa shape index (κ2) is 13.9. The van der Waals surface area contributed by atoms with Gasteiger partial charge in [-0.15, -0.1) is 0 Å². The van der Waals surface area contributed by atoms with Crippen LogP contribution >= 0.6 is 0 Å². The fourth-order valence-corrected chi connectivity index (χ4v) is 4.39. The van der Waals surface area contributed by atoms with Crippen LogP contribution in [-0.4, -0.2) is 43.1 Å². The molecule has 0 spiro atoms. The minimum Gasteiger partial charge on any atom is -0.493 e. The number of benzene rings is 3. The van der Waals surface area contributed by atoms with Gasteiger partial charge in [-0.1, -0.05) is 49.1 Å². The van der Waals surface area contributed by atoms with Crippen LogP contribution in [0.15, 0.2) is 71.8 Å². The molecule has 3 aromatic carbocycles. The van der Waals surface area contributed by atoms with Crippen molar-refractivity contribution in [1.82, 2.24) is 10.7 Å². The molecular formula is C31H32N4O6. The fourth-order valence-electron chi connectivity index (χ4n) is 4.39. The molecule has 0 unspecified atom stereocenters. The van der Waals surface area contributed by atoms with Crippen molar-refractivity contribution < 1.29 is 28.7 Å². The maximum Gasteiger partial charge on any atom is 0.343 e. The number of aryl methyl sites for hydroxylation is 1. The van der Waals surface area contributed by atoms with E-state index in [-0.39, 0.29) is 34.7 Å². The highest BCUT2D eigenvalue weighted by atomic mass is 16.6. The molecular weight excluding hydrogens is 524 g/mol. The molecule has 41 heavy (non-hydrogen) atoms. The van der Waals surface area contributed by atoms with Crippen molar-refractivity contribution in [2.24, 2.45) is 5.10 Å². The number of methoxy groups -OCH3 is 1. The highest BCUT2D eigenvalue weighted by Gasteiger charge is 2.21. The smallest absolute Gasteiger partial charge is 0.343 e. The number of hydrazone groups is 1. The number of esters is 1. The van der Waals surface area contributed by atoms with Gasteiger partial charge in [0.05, 0.1) is 30.1 Å². The topological polar surface area (TPSA) is 135 Å². The summed E-state index contributed by atoms with van der Waals surface area (Å²) in [4.78, 5) is 50.1. The van der Waals surface area contributed by atoms with E-state index in [1.165, 1.54) is 25.8 Å². The predicted octanol–water partition coefficient (Wildman–Crippen LogP) is 4.37. The van der Waals surface area contributed by atoms with Crippen LogP contribution in [0.1, 0.15) is 63.9 Å². The van der Waals surface area contributed by atoms with Crippen molar-refractivity contribution in [3.8, 4) is 11.5 Å². The second-order valence-corrected chi connectivity index (χ2v) is 9.67. The molecule has 0 aliphatic heterocycles. The van der Waals surface area contributed by atoms with Crippen LogP contribution in [0.2, 0.25) is 0 Å². The first kappa shape index (κ1) is 29.0. The van der Waals surface area contributed by atoms with E-state index in [1.54, 1.807) is 48.5 Å². The molecule has 1 aliphatic rings. The summed E-state index contributed by atoms with van der Waals surface area (Å²) in [7, 11) is 1.43. The van der Waals surface area contributed by atoms with Crippen LogP contribution < -0.4 is 25.5 Å². The number of carbonyl (C=O) groups is 4. The summed E-state index contributed by atoms with van der Waals surface area (Å²) in [6.45, 7) is 1.92. The van der Waals surface area contributed by atoms with Gasteiger partial charge in [-0.3, -0.25) is 14.4 Å². The summed E-state index contributed by atoms with van der Waals surface area (Å²) in [6.07, 6.45) is 6.47. The van der Waals surface area contributed by atoms with Crippen molar-refractivity contribution in [3.63, 3.8) is 0 Å². The molecule has 3 N–H and O–H groups in total. The monoisotopic (exact) mass is 556 g/mol. The third kappa shape index (κ3) is 8.01. The van der Waals surface area contributed by atoms with E-state index in [0.29, 0.717) is 11.1 Å². The molecule has 1 fully saturated rings. The Morgan fingerprint density at radius 1 is 0.878 bits per heavy atom. The number of anilines is 1. The largest absolute Gasteiger partial charge is 0.493 e. The number of hydrogen-bond donors (Lipinski definition) is 3. The van der Waals surface area contributed by atoms with Gasteiger partial charge in [0.1, 0.15) is 0 Å². The van der Waals surface area contributed by atoms with E-state index in [0.717, 1.165) is 31.2 Å². The van der Waals surface area contributed by atoms with Crippen molar-refractivity contribution in [2.75, 3.05) is 12.4 Å². The number of para-hydroxylation sites is 1. The molecule has 1 aliphatic carbocycles. The summed E-state index contributed by atoms with van der Waals surface area (Å²) >= 11 is 0. The second-order valence-electron chi connectivity index (χ2n) is 9.67. The molecule has 0 aromatic heterocycles. The van der Waals surface area contributed by atoms with E-state index in [2.05, 4.69) is 21.2 Å². The Morgan fingerprint density at radius 3 is 2.34 bits per heavy atom. The Morgan fingerprint density at radius 2 is 1.61 bits per heavy atom. The van der Waals surface area contributed by atoms with Gasteiger partial charge in [-0.2, -0.15) is 5.10 Å². The number of rotatable bonds is 8. The number of ether oxygens (including phenoxy) is 2. The van der Waals surface area contributed by atoms with Gasteiger partial charge in [-0.05, 0) is 67.8 Å². The third-order valence-electron chi connectivity index (χ3n) is 6.62. The average molecular weight is 557 g/mol. The number of nitrogens with one attached hydrogen (secondary N) is 3. The molecule has 212 valence electrons. The zero-order chi connectivity index (χ0) is 29.2. The first-order chi connectivity index (χ1) is 19.8. The van der Waals surface area contributed by atoms with Crippen molar-refractivity contribution in [3.05, 3.63) is 89.0 Å². The maximum absolute atomic E-state index is 12.8. The minimum atomic E-state index is -1.01. The van der Waals surface area contributed by atoms with E-state index in [9.17, 15) is 19.2 Å². The minimum absolute atomic E-state index is 0.102. The molecule has 1 saturated carbocycles. The standard InChI is InChI=1S/C31H32N4O6/c1-20-12-15-22(16-13-20)31(39)41-26-17-14-21(18-27(26)40-2)19-32-35-30(38)29(37)34-25-11-7-6-10-24(25)28(36)33-23-8-4-3-5-9-23/h6-7,10-19,23H,3-5,8-9H2,1-2H3,(H,33,36)(H,34,37)(H,35,38). The number of carbonyl (C=O) groups excluding carboxylic acids is 4. The summed E-state index contributed by atoms with van der Waals surface area (Å²) in [6, 6.07) is 18.3. The first-order valence-electron chi connectivity index (χ1n) is 13.3. The van der Waals surface area contributed by atoms with Crippen LogP contribution in [0, 0.1) is 6.92 Å². The molecule has 4 rings (SSSR count). The highest BCUT2D eigenvalue weighted by Crippen LogP contribution is 2.28. The molecule has 0 atom stereocenters. The molecule has 3 aromatic rings. The molecule has 10 nitrogen and oxygen atoms in total. The third-order valence-corrected chi connectivity index (χ3v) is 6.62. The summed E-state index contributed by atoms with van der Waals surface area (Å²) in [5, 5.41) is 9.33. The summed E-state index contributed by atoms with van der Waals surface area (Å²) < 4.78 is 10.8. The normalized spacial score (nSPS) is 13.3. The van der Waals surface area contributed by atoms with Gasteiger partial charge in [0.25, 0.3) is 5.91 Å². The molecule has 10 heteroatoms. The average Bonchev–Trinajstić information content (AvgIpc) is 2.98. The Balaban J connectivity index is 1.33. The Kier molecular flexibility index (Phi) is 9.82. The molecule has 3 amide bonds. The lowest BCUT2D eigenvalue weighted by atomic mass is 9.95. The number of amides is 3. The molecule has 0 heterocycles. The fraction of sp³-hybridized carbons (Fsp3) is 0.258. The zero-order valence-electron chi connectivity index (χ0n) is 22.9. The lowest BCUT2D eigenvalue weighted by molar-refractivity contribution is -0.136. The van der Waals surface area contributed by atoms with E-state index < -0.39 is 17.8 Å². The van der Waals surface area contributed by atoms with Crippen LogP contribution in [0.25, 0.3) is 0 Å². The lowest BCUT2D eigenvalue weighted by Gasteiger charge is -2.23. The van der Waals surface area contributed by atoms with E-state index in [4.69, 9.17) is 9.47 Å². The van der Waals surface area contributed by atoms with Crippen molar-refractivity contribution >= 4 is 35.6 Å². The first-order valence-corrected chi connectivity index (χ1v) is 13.3. The number of hydrogen-bond acceptors (Lipinski definition) is 7. The van der Waals surface area contributed by atoms with Gasteiger partial charge < -0.3 is 20.1 Å². The Labute approximate surface area is 238 Å². The van der Waals surface area contributed by atoms with Crippen LogP contribution in [0.3, 0.4) is 0 Å². The summed E-state index contributed by atoms with van der Waals surface area (Å²) in [5.41, 5.74) is 4.61. The number of nitrogens with zero attached hydrogens (tertiary/aromatic N) is 1. The quantitative estimate of drug-likeness (QED) is 0.124. The Hall–Kier alpha value is -4.99. The van der Waals surface area contributed by atoms with E-state index in [1.807, 2.05) is 19.1 Å². The molecule has 0 bridgehead atoms. The maximum atomic E-state index is 12.8. The molecule has 0 radical (unpaired) electrons. The molecule has 0 saturated heterocycles. The van der Waals surface area contributed by atoms with Crippen molar-refractivity contribution in [1.29, 1.82) is 0 Å². The SMILES string of the molecule is COc1cc(C=NNC(=O)C(=O)Nc2ccccc2C(=O)NC2CCCCC2)ccc1OC(=O)c1ccc(C)cc1. The van der Waals surface area contributed by atoms with Crippen LogP contribution in [-0.2, 0) is 9.59 Å². The van der Waals surface area contributed by atoms with Gasteiger partial charge >= 0.3 is 17.8 Å². The van der Waals surface area contributed by atoms with Gasteiger partial charge in [0, 0.05) is 6.04 Å². The lowest BCUT2D eigenvalue weighted by Crippen LogP contribution is -2.37. The van der Waals surface area contributed by atoms with Gasteiger partial charge in [-0.25, -0.2) is 10.2 Å². The van der Waals surface area contributed by atoms with Crippen molar-refractivity contribution in [2.45, 2.75) is 45.1 Å².